The summed E-state index contributed by atoms with van der Waals surface area (Å²) in [7, 11) is 0. The lowest BCUT2D eigenvalue weighted by molar-refractivity contribution is -0.128. The van der Waals surface area contributed by atoms with Crippen molar-refractivity contribution in [3.8, 4) is 0 Å². The molecule has 0 unspecified atom stereocenters. The highest BCUT2D eigenvalue weighted by atomic mass is 35.5. The van der Waals surface area contributed by atoms with Crippen LogP contribution in [0.4, 0.5) is 15.8 Å². The zero-order valence-corrected chi connectivity index (χ0v) is 18.4. The van der Waals surface area contributed by atoms with E-state index in [1.54, 1.807) is 41.3 Å². The third-order valence-electron chi connectivity index (χ3n) is 4.73. The predicted molar refractivity (Wildman–Crippen MR) is 127 cm³/mol. The molecule has 4 rings (SSSR count). The van der Waals surface area contributed by atoms with Gasteiger partial charge in [-0.2, -0.15) is 0 Å². The molecule has 162 valence electrons. The minimum absolute atomic E-state index is 0.0102. The number of nitrogens with zero attached hydrogens (tertiary/aromatic N) is 2. The monoisotopic (exact) mass is 467 g/mol. The van der Waals surface area contributed by atoms with E-state index in [1.807, 2.05) is 30.3 Å². The minimum atomic E-state index is -0.614. The van der Waals surface area contributed by atoms with Crippen molar-refractivity contribution < 1.29 is 14.0 Å². The maximum atomic E-state index is 13.3. The van der Waals surface area contributed by atoms with Crippen LogP contribution >= 0.6 is 23.4 Å². The Balaban J connectivity index is 1.54. The molecule has 1 N–H and O–H groups in total. The van der Waals surface area contributed by atoms with Crippen molar-refractivity contribution >= 4 is 51.7 Å². The summed E-state index contributed by atoms with van der Waals surface area (Å²) in [6.07, 6.45) is -0.0102. The van der Waals surface area contributed by atoms with Crippen LogP contribution in [0, 0.1) is 5.82 Å². The first-order valence-electron chi connectivity index (χ1n) is 9.89. The molecule has 0 aromatic heterocycles. The number of halogens is 2. The quantitative estimate of drug-likeness (QED) is 0.510. The van der Waals surface area contributed by atoms with Crippen LogP contribution in [0.2, 0.25) is 5.02 Å². The molecular formula is C24H19ClFN3O2S. The first kappa shape index (κ1) is 22.0. The average Bonchev–Trinajstić information content (AvgIpc) is 3.05. The lowest BCUT2D eigenvalue weighted by Gasteiger charge is -2.16. The molecule has 0 spiro atoms. The maximum Gasteiger partial charge on any atom is 0.242 e. The second-order valence-corrected chi connectivity index (χ2v) is 8.76. The molecule has 0 bridgehead atoms. The van der Waals surface area contributed by atoms with Gasteiger partial charge in [-0.05, 0) is 48.0 Å². The Kier molecular flexibility index (Phi) is 6.87. The molecule has 0 saturated carbocycles. The van der Waals surface area contributed by atoms with Gasteiger partial charge in [-0.15, -0.1) is 0 Å². The highest BCUT2D eigenvalue weighted by Crippen LogP contribution is 2.33. The zero-order chi connectivity index (χ0) is 22.5. The number of aliphatic imine (C=N–C) groups is 1. The van der Waals surface area contributed by atoms with Crippen LogP contribution in [-0.4, -0.2) is 27.1 Å². The highest BCUT2D eigenvalue weighted by Gasteiger charge is 2.39. The van der Waals surface area contributed by atoms with Gasteiger partial charge in [-0.25, -0.2) is 9.38 Å². The smallest absolute Gasteiger partial charge is 0.242 e. The van der Waals surface area contributed by atoms with Gasteiger partial charge in [-0.1, -0.05) is 59.8 Å². The van der Waals surface area contributed by atoms with Crippen molar-refractivity contribution in [1.29, 1.82) is 0 Å². The molecule has 5 nitrogen and oxygen atoms in total. The third-order valence-corrected chi connectivity index (χ3v) is 6.14. The molecule has 1 saturated heterocycles. The molecular weight excluding hydrogens is 449 g/mol. The van der Waals surface area contributed by atoms with E-state index in [9.17, 15) is 14.0 Å². The van der Waals surface area contributed by atoms with Gasteiger partial charge in [-0.3, -0.25) is 14.5 Å². The Morgan fingerprint density at radius 1 is 1.06 bits per heavy atom. The number of carbonyl (C=O) groups is 2. The van der Waals surface area contributed by atoms with Gasteiger partial charge in [0.2, 0.25) is 11.8 Å². The van der Waals surface area contributed by atoms with E-state index in [1.165, 1.54) is 23.9 Å². The number of carbonyl (C=O) groups excluding carboxylic acids is 2. The van der Waals surface area contributed by atoms with Crippen LogP contribution in [0.5, 0.6) is 0 Å². The van der Waals surface area contributed by atoms with Gasteiger partial charge in [0.1, 0.15) is 11.1 Å². The number of rotatable bonds is 6. The summed E-state index contributed by atoms with van der Waals surface area (Å²) in [5, 5.41) is 3.15. The fourth-order valence-electron chi connectivity index (χ4n) is 3.21. The van der Waals surface area contributed by atoms with Crippen molar-refractivity contribution in [2.45, 2.75) is 18.2 Å². The lowest BCUT2D eigenvalue weighted by atomic mass is 10.2. The number of thioether (sulfide) groups is 1. The van der Waals surface area contributed by atoms with E-state index >= 15 is 0 Å². The summed E-state index contributed by atoms with van der Waals surface area (Å²) in [5.74, 6) is -0.845. The number of hydrogen-bond acceptors (Lipinski definition) is 4. The molecule has 1 aliphatic rings. The van der Waals surface area contributed by atoms with Gasteiger partial charge in [0, 0.05) is 17.1 Å². The Morgan fingerprint density at radius 3 is 2.53 bits per heavy atom. The van der Waals surface area contributed by atoms with Crippen LogP contribution in [0.1, 0.15) is 12.0 Å². The summed E-state index contributed by atoms with van der Waals surface area (Å²) in [6, 6.07) is 22.1. The van der Waals surface area contributed by atoms with Gasteiger partial charge < -0.3 is 5.32 Å². The molecule has 3 aromatic carbocycles. The third kappa shape index (κ3) is 5.55. The average molecular weight is 468 g/mol. The molecule has 2 amide bonds. The molecule has 1 aliphatic heterocycles. The highest BCUT2D eigenvalue weighted by molar-refractivity contribution is 8.15. The number of amides is 2. The number of anilines is 1. The van der Waals surface area contributed by atoms with Crippen LogP contribution < -0.4 is 5.32 Å². The van der Waals surface area contributed by atoms with E-state index < -0.39 is 5.25 Å². The van der Waals surface area contributed by atoms with Crippen LogP contribution in [0.25, 0.3) is 0 Å². The standard InChI is InChI=1S/C24H19ClFN3O2S/c25-17-7-4-8-20(13-17)27-22(30)14-21-23(31)29(15-16-5-2-1-3-6-16)24(32-21)28-19-11-9-18(26)10-12-19/h1-13,21H,14-15H2,(H,27,30)/t21-/m0/s1. The first-order chi connectivity index (χ1) is 15.5. The SMILES string of the molecule is O=C(C[C@@H]1SC(=Nc2ccc(F)cc2)N(Cc2ccccc2)C1=O)Nc1cccc(Cl)c1. The van der Waals surface area contributed by atoms with Crippen molar-refractivity contribution in [1.82, 2.24) is 4.90 Å². The Hall–Kier alpha value is -3.16. The molecule has 3 aromatic rings. The van der Waals surface area contributed by atoms with E-state index in [-0.39, 0.29) is 24.1 Å². The second-order valence-electron chi connectivity index (χ2n) is 7.15. The summed E-state index contributed by atoms with van der Waals surface area (Å²) in [6.45, 7) is 0.332. The van der Waals surface area contributed by atoms with E-state index in [4.69, 9.17) is 11.6 Å². The van der Waals surface area contributed by atoms with Crippen molar-refractivity contribution in [2.75, 3.05) is 5.32 Å². The summed E-state index contributed by atoms with van der Waals surface area (Å²) >= 11 is 7.20. The number of hydrogen-bond donors (Lipinski definition) is 1. The van der Waals surface area contributed by atoms with Crippen molar-refractivity contribution in [3.05, 3.63) is 95.3 Å². The summed E-state index contributed by atoms with van der Waals surface area (Å²) in [4.78, 5) is 31.9. The van der Waals surface area contributed by atoms with Crippen molar-refractivity contribution in [3.63, 3.8) is 0 Å². The predicted octanol–water partition coefficient (Wildman–Crippen LogP) is 5.64. The molecule has 32 heavy (non-hydrogen) atoms. The molecule has 1 atom stereocenters. The largest absolute Gasteiger partial charge is 0.326 e. The fourth-order valence-corrected chi connectivity index (χ4v) is 4.56. The molecule has 1 fully saturated rings. The van der Waals surface area contributed by atoms with Crippen LogP contribution in [-0.2, 0) is 16.1 Å². The Bertz CT molecular complexity index is 1160. The summed E-state index contributed by atoms with van der Waals surface area (Å²) in [5.41, 5.74) is 2.04. The van der Waals surface area contributed by atoms with E-state index in [0.717, 1.165) is 5.56 Å². The Morgan fingerprint density at radius 2 is 1.81 bits per heavy atom. The van der Waals surface area contributed by atoms with Gasteiger partial charge in [0.15, 0.2) is 5.17 Å². The normalized spacial score (nSPS) is 17.1. The molecule has 0 aliphatic carbocycles. The van der Waals surface area contributed by atoms with E-state index in [0.29, 0.717) is 28.1 Å². The van der Waals surface area contributed by atoms with Crippen molar-refractivity contribution in [2.24, 2.45) is 4.99 Å². The minimum Gasteiger partial charge on any atom is -0.326 e. The molecule has 0 radical (unpaired) electrons. The van der Waals surface area contributed by atoms with E-state index in [2.05, 4.69) is 10.3 Å². The van der Waals surface area contributed by atoms with Gasteiger partial charge in [0.05, 0.1) is 12.2 Å². The van der Waals surface area contributed by atoms with Crippen LogP contribution in [0.15, 0.2) is 83.9 Å². The lowest BCUT2D eigenvalue weighted by Crippen LogP contribution is -2.33. The van der Waals surface area contributed by atoms with Gasteiger partial charge >= 0.3 is 0 Å². The summed E-state index contributed by atoms with van der Waals surface area (Å²) < 4.78 is 13.3. The fraction of sp³-hybridized carbons (Fsp3) is 0.125. The number of benzene rings is 3. The van der Waals surface area contributed by atoms with Crippen LogP contribution in [0.3, 0.4) is 0 Å². The zero-order valence-electron chi connectivity index (χ0n) is 16.9. The maximum absolute atomic E-state index is 13.3. The topological polar surface area (TPSA) is 61.8 Å². The first-order valence-corrected chi connectivity index (χ1v) is 11.2. The van der Waals surface area contributed by atoms with Gasteiger partial charge in [0.25, 0.3) is 0 Å². The number of nitrogens with one attached hydrogen (secondary N) is 1. The Labute approximate surface area is 194 Å². The second kappa shape index (κ2) is 9.97. The molecule has 1 heterocycles. The number of amidine groups is 1. The molecule has 8 heteroatoms.